The van der Waals surface area contributed by atoms with E-state index in [1.54, 1.807) is 4.68 Å². The van der Waals surface area contributed by atoms with Crippen molar-refractivity contribution < 1.29 is 4.79 Å². The van der Waals surface area contributed by atoms with Gasteiger partial charge in [0.25, 0.3) is 0 Å². The summed E-state index contributed by atoms with van der Waals surface area (Å²) in [5, 5.41) is 7.36. The first-order valence-corrected chi connectivity index (χ1v) is 6.65. The van der Waals surface area contributed by atoms with Gasteiger partial charge in [0.2, 0.25) is 5.91 Å². The van der Waals surface area contributed by atoms with Crippen molar-refractivity contribution in [2.24, 2.45) is 13.0 Å². The van der Waals surface area contributed by atoms with E-state index in [1.165, 1.54) is 12.8 Å². The summed E-state index contributed by atoms with van der Waals surface area (Å²) in [4.78, 5) is 13.9. The van der Waals surface area contributed by atoms with Gasteiger partial charge in [-0.25, -0.2) is 0 Å². The Labute approximate surface area is 132 Å². The zero-order valence-corrected chi connectivity index (χ0v) is 13.7. The van der Waals surface area contributed by atoms with Crippen molar-refractivity contribution in [3.8, 4) is 0 Å². The maximum absolute atomic E-state index is 12.0. The molecule has 2 rings (SSSR count). The van der Waals surface area contributed by atoms with Crippen molar-refractivity contribution in [3.63, 3.8) is 0 Å². The van der Waals surface area contributed by atoms with Crippen LogP contribution >= 0.6 is 24.8 Å². The summed E-state index contributed by atoms with van der Waals surface area (Å²) in [6.45, 7) is 4.82. The van der Waals surface area contributed by atoms with Crippen LogP contribution in [0.25, 0.3) is 0 Å². The molecule has 20 heavy (non-hydrogen) atoms. The molecule has 0 unspecified atom stereocenters. The van der Waals surface area contributed by atoms with Crippen LogP contribution in [-0.4, -0.2) is 40.2 Å². The summed E-state index contributed by atoms with van der Waals surface area (Å²) >= 11 is 0. The summed E-state index contributed by atoms with van der Waals surface area (Å²) in [7, 11) is 1.89. The predicted molar refractivity (Wildman–Crippen MR) is 84.4 cm³/mol. The van der Waals surface area contributed by atoms with E-state index in [-0.39, 0.29) is 30.7 Å². The van der Waals surface area contributed by atoms with Gasteiger partial charge >= 0.3 is 0 Å². The molecule has 1 aromatic rings. The van der Waals surface area contributed by atoms with Crippen LogP contribution in [0, 0.1) is 5.92 Å². The zero-order chi connectivity index (χ0) is 13.0. The number of aromatic nitrogens is 2. The lowest BCUT2D eigenvalue weighted by Crippen LogP contribution is -2.38. The molecule has 5 nitrogen and oxygen atoms in total. The third kappa shape index (κ3) is 6.11. The van der Waals surface area contributed by atoms with Gasteiger partial charge in [0.15, 0.2) is 0 Å². The van der Waals surface area contributed by atoms with Crippen LogP contribution in [0.3, 0.4) is 0 Å². The van der Waals surface area contributed by atoms with Gasteiger partial charge in [0, 0.05) is 31.9 Å². The smallest absolute Gasteiger partial charge is 0.236 e. The van der Waals surface area contributed by atoms with Gasteiger partial charge in [0.05, 0.1) is 12.7 Å². The van der Waals surface area contributed by atoms with Crippen LogP contribution < -0.4 is 5.32 Å². The summed E-state index contributed by atoms with van der Waals surface area (Å²) < 4.78 is 1.76. The largest absolute Gasteiger partial charge is 0.337 e. The van der Waals surface area contributed by atoms with E-state index in [0.717, 1.165) is 24.6 Å². The number of halogens is 2. The Bertz CT molecular complexity index is 407. The number of nitrogens with zero attached hydrogens (tertiary/aromatic N) is 3. The molecular weight excluding hydrogens is 299 g/mol. The molecule has 1 fully saturated rings. The average Bonchev–Trinajstić information content (AvgIpc) is 3.08. The van der Waals surface area contributed by atoms with Gasteiger partial charge in [-0.3, -0.25) is 9.48 Å². The summed E-state index contributed by atoms with van der Waals surface area (Å²) in [6.07, 6.45) is 6.39. The third-order valence-corrected chi connectivity index (χ3v) is 3.27. The van der Waals surface area contributed by atoms with Crippen LogP contribution in [0.15, 0.2) is 12.4 Å². The number of hydrogen-bond acceptors (Lipinski definition) is 3. The first-order valence-electron chi connectivity index (χ1n) is 6.65. The minimum atomic E-state index is 0. The molecule has 0 aliphatic heterocycles. The van der Waals surface area contributed by atoms with E-state index in [4.69, 9.17) is 0 Å². The molecule has 1 heterocycles. The van der Waals surface area contributed by atoms with Crippen molar-refractivity contribution in [2.45, 2.75) is 26.3 Å². The van der Waals surface area contributed by atoms with Gasteiger partial charge in [-0.05, 0) is 32.2 Å². The van der Waals surface area contributed by atoms with E-state index in [1.807, 2.05) is 31.3 Å². The van der Waals surface area contributed by atoms with Crippen molar-refractivity contribution in [1.82, 2.24) is 20.0 Å². The van der Waals surface area contributed by atoms with Gasteiger partial charge in [-0.1, -0.05) is 0 Å². The van der Waals surface area contributed by atoms with Gasteiger partial charge < -0.3 is 10.2 Å². The Morgan fingerprint density at radius 3 is 2.70 bits per heavy atom. The molecule has 0 saturated heterocycles. The van der Waals surface area contributed by atoms with Crippen molar-refractivity contribution >= 4 is 30.7 Å². The number of nitrogens with one attached hydrogen (secondary N) is 1. The highest BCUT2D eigenvalue weighted by molar-refractivity contribution is 5.85. The lowest BCUT2D eigenvalue weighted by Gasteiger charge is -2.20. The number of aryl methyl sites for hydroxylation is 1. The Morgan fingerprint density at radius 2 is 2.20 bits per heavy atom. The number of carbonyl (C=O) groups is 1. The van der Waals surface area contributed by atoms with E-state index in [0.29, 0.717) is 13.1 Å². The number of amides is 1. The van der Waals surface area contributed by atoms with Gasteiger partial charge in [-0.15, -0.1) is 24.8 Å². The molecule has 7 heteroatoms. The normalized spacial score (nSPS) is 13.3. The number of hydrogen-bond donors (Lipinski definition) is 1. The predicted octanol–water partition coefficient (Wildman–Crippen LogP) is 1.61. The van der Waals surface area contributed by atoms with Crippen LogP contribution in [0.4, 0.5) is 0 Å². The van der Waals surface area contributed by atoms with Crippen molar-refractivity contribution in [2.75, 3.05) is 19.6 Å². The molecule has 1 aromatic heterocycles. The third-order valence-electron chi connectivity index (χ3n) is 3.27. The average molecular weight is 323 g/mol. The molecule has 1 N–H and O–H groups in total. The van der Waals surface area contributed by atoms with Crippen LogP contribution in [0.2, 0.25) is 0 Å². The number of likely N-dealkylation sites (N-methyl/N-ethyl adjacent to an activating group) is 1. The second-order valence-corrected chi connectivity index (χ2v) is 5.00. The monoisotopic (exact) mass is 322 g/mol. The summed E-state index contributed by atoms with van der Waals surface area (Å²) in [5.41, 5.74) is 1.08. The lowest BCUT2D eigenvalue weighted by molar-refractivity contribution is -0.130. The van der Waals surface area contributed by atoms with Crippen molar-refractivity contribution in [3.05, 3.63) is 18.0 Å². The second kappa shape index (κ2) is 9.21. The fourth-order valence-corrected chi connectivity index (χ4v) is 1.97. The van der Waals surface area contributed by atoms with Gasteiger partial charge in [0.1, 0.15) is 0 Å². The molecule has 0 radical (unpaired) electrons. The maximum Gasteiger partial charge on any atom is 0.236 e. The molecule has 1 amide bonds. The lowest BCUT2D eigenvalue weighted by atomic mass is 10.3. The fourth-order valence-electron chi connectivity index (χ4n) is 1.97. The molecule has 0 spiro atoms. The molecule has 1 saturated carbocycles. The van der Waals surface area contributed by atoms with E-state index >= 15 is 0 Å². The second-order valence-electron chi connectivity index (χ2n) is 5.00. The van der Waals surface area contributed by atoms with Crippen LogP contribution in [0.5, 0.6) is 0 Å². The molecule has 0 atom stereocenters. The van der Waals surface area contributed by atoms with Crippen molar-refractivity contribution in [1.29, 1.82) is 0 Å². The number of carbonyl (C=O) groups excluding carboxylic acids is 1. The first kappa shape index (κ1) is 19.2. The number of rotatable bonds is 7. The summed E-state index contributed by atoms with van der Waals surface area (Å²) in [5.74, 6) is 0.980. The molecule has 0 aromatic carbocycles. The van der Waals surface area contributed by atoms with Gasteiger partial charge in [-0.2, -0.15) is 5.10 Å². The molecule has 116 valence electrons. The van der Waals surface area contributed by atoms with Crippen LogP contribution in [0.1, 0.15) is 25.3 Å². The Morgan fingerprint density at radius 1 is 1.50 bits per heavy atom. The van der Waals surface area contributed by atoms with E-state index < -0.39 is 0 Å². The highest BCUT2D eigenvalue weighted by atomic mass is 35.5. The SMILES string of the molecule is CCN(Cc1cnn(C)c1)C(=O)CNCC1CC1.Cl.Cl. The highest BCUT2D eigenvalue weighted by Gasteiger charge is 2.21. The Hall–Kier alpha value is -0.780. The molecule has 1 aliphatic carbocycles. The quantitative estimate of drug-likeness (QED) is 0.829. The van der Waals surface area contributed by atoms with E-state index in [2.05, 4.69) is 10.4 Å². The Balaban J connectivity index is 0.00000180. The topological polar surface area (TPSA) is 50.2 Å². The molecule has 1 aliphatic rings. The molecule has 0 bridgehead atoms. The Kier molecular flexibility index (Phi) is 8.85. The molecular formula is C13H24Cl2N4O. The maximum atomic E-state index is 12.0. The fraction of sp³-hybridized carbons (Fsp3) is 0.692. The van der Waals surface area contributed by atoms with E-state index in [9.17, 15) is 4.79 Å². The minimum Gasteiger partial charge on any atom is -0.337 e. The summed E-state index contributed by atoms with van der Waals surface area (Å²) in [6, 6.07) is 0. The van der Waals surface area contributed by atoms with Crippen LogP contribution in [-0.2, 0) is 18.4 Å². The highest BCUT2D eigenvalue weighted by Crippen LogP contribution is 2.27. The standard InChI is InChI=1S/C13H22N4O.2ClH/c1-3-17(10-12-7-15-16(2)9-12)13(18)8-14-6-11-4-5-11;;/h7,9,11,14H,3-6,8,10H2,1-2H3;2*1H. The first-order chi connectivity index (χ1) is 8.69. The minimum absolute atomic E-state index is 0. The zero-order valence-electron chi connectivity index (χ0n) is 12.0.